The normalized spacial score (nSPS) is 32.6. The first-order chi connectivity index (χ1) is 18.7. The van der Waals surface area contributed by atoms with E-state index < -0.39 is 41.1 Å². The predicted octanol–water partition coefficient (Wildman–Crippen LogP) is 1.38. The molecule has 6 atom stereocenters. The molecule has 0 aromatic rings. The first-order valence-electron chi connectivity index (χ1n) is 14.3. The third-order valence-corrected chi connectivity index (χ3v) is 8.94. The van der Waals surface area contributed by atoms with E-state index in [0.717, 1.165) is 25.9 Å². The number of allylic oxidation sites excluding steroid dienone is 1. The molecule has 0 aromatic heterocycles. The van der Waals surface area contributed by atoms with Crippen molar-refractivity contribution in [2.75, 3.05) is 59.2 Å². The van der Waals surface area contributed by atoms with Crippen molar-refractivity contribution in [1.29, 1.82) is 0 Å². The number of unbranched alkanes of at least 4 members (excludes halogenated alkanes) is 2. The van der Waals surface area contributed by atoms with Crippen LogP contribution < -0.4 is 0 Å². The summed E-state index contributed by atoms with van der Waals surface area (Å²) in [5.74, 6) is -2.63. The van der Waals surface area contributed by atoms with E-state index in [4.69, 9.17) is 14.2 Å². The molecule has 0 aliphatic carbocycles. The van der Waals surface area contributed by atoms with E-state index in [9.17, 15) is 19.5 Å². The van der Waals surface area contributed by atoms with E-state index >= 15 is 0 Å². The third kappa shape index (κ3) is 5.53. The number of morpholine rings is 1. The van der Waals surface area contributed by atoms with Crippen LogP contribution in [0, 0.1) is 11.8 Å². The molecule has 10 nitrogen and oxygen atoms in total. The fraction of sp³-hybridized carbons (Fsp3) is 0.759. The Kier molecular flexibility index (Phi) is 9.52. The fourth-order valence-electron chi connectivity index (χ4n) is 6.92. The highest BCUT2D eigenvalue weighted by Gasteiger charge is 2.78. The molecule has 2 unspecified atom stereocenters. The van der Waals surface area contributed by atoms with Gasteiger partial charge in [-0.05, 0) is 46.0 Å². The van der Waals surface area contributed by atoms with Crippen LogP contribution in [0.5, 0.6) is 0 Å². The maximum atomic E-state index is 14.3. The number of carbonyl (C=O) groups excluding carboxylic acids is 3. The Morgan fingerprint density at radius 1 is 1.23 bits per heavy atom. The van der Waals surface area contributed by atoms with Crippen molar-refractivity contribution in [2.45, 2.75) is 69.2 Å². The van der Waals surface area contributed by atoms with Crippen molar-refractivity contribution in [3.05, 3.63) is 25.3 Å². The number of carbonyl (C=O) groups is 3. The molecular weight excluding hydrogens is 502 g/mol. The van der Waals surface area contributed by atoms with Crippen LogP contribution >= 0.6 is 0 Å². The monoisotopic (exact) mass is 547 g/mol. The quantitative estimate of drug-likeness (QED) is 0.197. The molecule has 4 aliphatic heterocycles. The number of hydrogen-bond acceptors (Lipinski definition) is 8. The maximum absolute atomic E-state index is 14.3. The number of esters is 1. The van der Waals surface area contributed by atoms with Crippen molar-refractivity contribution >= 4 is 17.8 Å². The minimum Gasteiger partial charge on any atom is -0.465 e. The summed E-state index contributed by atoms with van der Waals surface area (Å²) in [6.45, 7) is 15.5. The summed E-state index contributed by atoms with van der Waals surface area (Å²) in [5.41, 5.74) is -2.03. The lowest BCUT2D eigenvalue weighted by Gasteiger charge is -2.39. The standard InChI is InChI=1S/C29H45N3O7/c1-5-7-8-9-17-38-27(36)23-22-25(34)32(21(3)20-33)24(29(22)11-10-28(23,4)39-29)26(35)31(12-6-2)14-13-30-15-18-37-19-16-30/h5-6,21-24,33H,1-2,7-20H2,3-4H3/t21-,22+,23+,24?,28-,29?/m1/s1. The second kappa shape index (κ2) is 12.5. The molecule has 4 rings (SSSR count). The van der Waals surface area contributed by atoms with Gasteiger partial charge in [-0.1, -0.05) is 12.2 Å². The molecule has 4 saturated heterocycles. The number of fused-ring (bicyclic) bond motifs is 1. The number of ether oxygens (including phenoxy) is 3. The van der Waals surface area contributed by atoms with Crippen molar-refractivity contribution < 1.29 is 33.7 Å². The zero-order chi connectivity index (χ0) is 28.2. The van der Waals surface area contributed by atoms with E-state index in [1.807, 2.05) is 13.0 Å². The lowest BCUT2D eigenvalue weighted by atomic mass is 9.66. The maximum Gasteiger partial charge on any atom is 0.312 e. The third-order valence-electron chi connectivity index (χ3n) is 8.94. The van der Waals surface area contributed by atoms with Crippen LogP contribution in [-0.4, -0.2) is 120 Å². The van der Waals surface area contributed by atoms with Crippen molar-refractivity contribution in [3.63, 3.8) is 0 Å². The molecule has 2 bridgehead atoms. The summed E-state index contributed by atoms with van der Waals surface area (Å²) in [4.78, 5) is 47.2. The van der Waals surface area contributed by atoms with Crippen LogP contribution in [-0.2, 0) is 28.6 Å². The molecule has 4 fully saturated rings. The largest absolute Gasteiger partial charge is 0.465 e. The molecular formula is C29H45N3O7. The van der Waals surface area contributed by atoms with Crippen LogP contribution in [0.25, 0.3) is 0 Å². The Balaban J connectivity index is 1.59. The SMILES string of the molecule is C=CCCCCOC(=O)[C@@H]1[C@H]2C(=O)N([C@H](C)CO)C(C(=O)N(CC=C)CCN3CCOCC3)C23CC[C@@]1(C)O3. The number of aliphatic hydroxyl groups excluding tert-OH is 1. The number of amides is 2. The van der Waals surface area contributed by atoms with Crippen LogP contribution in [0.3, 0.4) is 0 Å². The summed E-state index contributed by atoms with van der Waals surface area (Å²) >= 11 is 0. The molecule has 0 saturated carbocycles. The Hall–Kier alpha value is -2.27. The number of nitrogens with zero attached hydrogens (tertiary/aromatic N) is 3. The molecule has 2 amide bonds. The number of rotatable bonds is 14. The summed E-state index contributed by atoms with van der Waals surface area (Å²) in [6.07, 6.45) is 6.97. The lowest BCUT2D eigenvalue weighted by molar-refractivity contribution is -0.161. The van der Waals surface area contributed by atoms with Crippen molar-refractivity contribution in [3.8, 4) is 0 Å². The summed E-state index contributed by atoms with van der Waals surface area (Å²) < 4.78 is 17.7. The molecule has 0 radical (unpaired) electrons. The first-order valence-corrected chi connectivity index (χ1v) is 14.3. The van der Waals surface area contributed by atoms with Gasteiger partial charge >= 0.3 is 5.97 Å². The van der Waals surface area contributed by atoms with Crippen molar-refractivity contribution in [1.82, 2.24) is 14.7 Å². The highest BCUT2D eigenvalue weighted by Crippen LogP contribution is 2.63. The molecule has 1 N–H and O–H groups in total. The van der Waals surface area contributed by atoms with E-state index in [0.29, 0.717) is 52.1 Å². The van der Waals surface area contributed by atoms with Gasteiger partial charge in [0, 0.05) is 32.7 Å². The first kappa shape index (κ1) is 29.7. The Bertz CT molecular complexity index is 938. The van der Waals surface area contributed by atoms with Crippen LogP contribution in [0.1, 0.15) is 46.0 Å². The van der Waals surface area contributed by atoms with E-state index in [2.05, 4.69) is 18.1 Å². The van der Waals surface area contributed by atoms with Gasteiger partial charge in [-0.3, -0.25) is 19.3 Å². The predicted molar refractivity (Wildman–Crippen MR) is 145 cm³/mol. The summed E-state index contributed by atoms with van der Waals surface area (Å²) in [6, 6.07) is -1.55. The Labute approximate surface area is 231 Å². The molecule has 39 heavy (non-hydrogen) atoms. The lowest BCUT2D eigenvalue weighted by Crippen LogP contribution is -2.59. The van der Waals surface area contributed by atoms with Crippen molar-refractivity contribution in [2.24, 2.45) is 11.8 Å². The molecule has 10 heteroatoms. The van der Waals surface area contributed by atoms with Gasteiger partial charge in [-0.15, -0.1) is 13.2 Å². The van der Waals surface area contributed by atoms with Crippen LogP contribution in [0.2, 0.25) is 0 Å². The molecule has 0 aromatic carbocycles. The Morgan fingerprint density at radius 3 is 2.64 bits per heavy atom. The highest BCUT2D eigenvalue weighted by atomic mass is 16.6. The average Bonchev–Trinajstić information content (AvgIpc) is 3.51. The zero-order valence-electron chi connectivity index (χ0n) is 23.5. The molecule has 4 heterocycles. The van der Waals surface area contributed by atoms with Gasteiger partial charge in [-0.2, -0.15) is 0 Å². The van der Waals surface area contributed by atoms with Gasteiger partial charge in [-0.25, -0.2) is 0 Å². The Morgan fingerprint density at radius 2 is 1.97 bits per heavy atom. The topological polar surface area (TPSA) is 109 Å². The van der Waals surface area contributed by atoms with E-state index in [1.54, 1.807) is 17.9 Å². The van der Waals surface area contributed by atoms with Crippen LogP contribution in [0.15, 0.2) is 25.3 Å². The molecule has 1 spiro atoms. The van der Waals surface area contributed by atoms with Crippen LogP contribution in [0.4, 0.5) is 0 Å². The smallest absolute Gasteiger partial charge is 0.312 e. The minimum absolute atomic E-state index is 0.234. The molecule has 4 aliphatic rings. The van der Waals surface area contributed by atoms with E-state index in [1.165, 1.54) is 4.90 Å². The highest BCUT2D eigenvalue weighted by molar-refractivity contribution is 5.98. The summed E-state index contributed by atoms with van der Waals surface area (Å²) in [7, 11) is 0. The van der Waals surface area contributed by atoms with E-state index in [-0.39, 0.29) is 25.0 Å². The van der Waals surface area contributed by atoms with Gasteiger partial charge in [0.05, 0.1) is 44.0 Å². The molecule has 218 valence electrons. The minimum atomic E-state index is -1.14. The van der Waals surface area contributed by atoms with Gasteiger partial charge in [0.2, 0.25) is 11.8 Å². The fourth-order valence-corrected chi connectivity index (χ4v) is 6.92. The second-order valence-electron chi connectivity index (χ2n) is 11.5. The number of likely N-dealkylation sites (tertiary alicyclic amines) is 1. The second-order valence-corrected chi connectivity index (χ2v) is 11.5. The zero-order valence-corrected chi connectivity index (χ0v) is 23.5. The number of hydrogen-bond donors (Lipinski definition) is 1. The van der Waals surface area contributed by atoms with Gasteiger partial charge in [0.15, 0.2) is 0 Å². The summed E-state index contributed by atoms with van der Waals surface area (Å²) in [5, 5.41) is 10.1. The van der Waals surface area contributed by atoms with Gasteiger partial charge < -0.3 is 29.1 Å². The van der Waals surface area contributed by atoms with Gasteiger partial charge in [0.25, 0.3) is 0 Å². The number of aliphatic hydroxyl groups is 1. The van der Waals surface area contributed by atoms with Gasteiger partial charge in [0.1, 0.15) is 17.6 Å². The average molecular weight is 548 g/mol.